The highest BCUT2D eigenvalue weighted by molar-refractivity contribution is 5.95. The maximum absolute atomic E-state index is 11.8. The van der Waals surface area contributed by atoms with E-state index >= 15 is 0 Å². The zero-order valence-corrected chi connectivity index (χ0v) is 11.4. The van der Waals surface area contributed by atoms with Gasteiger partial charge in [0.1, 0.15) is 5.75 Å². The van der Waals surface area contributed by atoms with Gasteiger partial charge in [-0.05, 0) is 31.0 Å². The van der Waals surface area contributed by atoms with Gasteiger partial charge in [-0.1, -0.05) is 19.9 Å². The van der Waals surface area contributed by atoms with Crippen LogP contribution >= 0.6 is 0 Å². The van der Waals surface area contributed by atoms with Crippen molar-refractivity contribution in [2.45, 2.75) is 33.1 Å². The molecule has 1 aromatic rings. The Kier molecular flexibility index (Phi) is 6.43. The van der Waals surface area contributed by atoms with E-state index in [2.05, 4.69) is 10.9 Å². The van der Waals surface area contributed by atoms with Gasteiger partial charge >= 0.3 is 0 Å². The smallest absolute Gasteiger partial charge is 0.269 e. The molecule has 0 atom stereocenters. The summed E-state index contributed by atoms with van der Waals surface area (Å²) in [6.45, 7) is 4.52. The normalized spacial score (nSPS) is 9.79. The minimum absolute atomic E-state index is 0.200. The lowest BCUT2D eigenvalue weighted by atomic mass is 10.2. The van der Waals surface area contributed by atoms with Crippen LogP contribution in [0.3, 0.4) is 0 Å². The summed E-state index contributed by atoms with van der Waals surface area (Å²) in [7, 11) is 0. The van der Waals surface area contributed by atoms with Crippen molar-refractivity contribution in [2.75, 3.05) is 6.61 Å². The number of ether oxygens (including phenoxy) is 1. The first-order valence-electron chi connectivity index (χ1n) is 6.49. The number of hydrogen-bond donors (Lipinski definition) is 2. The third-order valence-corrected chi connectivity index (χ3v) is 2.36. The van der Waals surface area contributed by atoms with E-state index < -0.39 is 0 Å². The Hall–Kier alpha value is -2.04. The fourth-order valence-corrected chi connectivity index (χ4v) is 1.44. The van der Waals surface area contributed by atoms with Gasteiger partial charge in [0.25, 0.3) is 5.91 Å². The van der Waals surface area contributed by atoms with E-state index in [0.717, 1.165) is 12.8 Å². The topological polar surface area (TPSA) is 67.4 Å². The molecule has 0 bridgehead atoms. The average molecular weight is 264 g/mol. The molecule has 0 aliphatic carbocycles. The van der Waals surface area contributed by atoms with Crippen LogP contribution in [0.15, 0.2) is 24.3 Å². The Morgan fingerprint density at radius 1 is 1.16 bits per heavy atom. The molecule has 104 valence electrons. The first kappa shape index (κ1) is 15.0. The molecule has 0 saturated carbocycles. The summed E-state index contributed by atoms with van der Waals surface area (Å²) in [6, 6.07) is 6.85. The molecule has 2 N–H and O–H groups in total. The summed E-state index contributed by atoms with van der Waals surface area (Å²) in [5.74, 6) is 0.0926. The largest absolute Gasteiger partial charge is 0.494 e. The molecule has 1 rings (SSSR count). The van der Waals surface area contributed by atoms with Crippen molar-refractivity contribution in [3.63, 3.8) is 0 Å². The predicted octanol–water partition coefficient (Wildman–Crippen LogP) is 2.04. The molecule has 0 radical (unpaired) electrons. The molecule has 0 spiro atoms. The number of benzene rings is 1. The third-order valence-electron chi connectivity index (χ3n) is 2.36. The maximum atomic E-state index is 11.8. The summed E-state index contributed by atoms with van der Waals surface area (Å²) in [5, 5.41) is 0. The zero-order valence-electron chi connectivity index (χ0n) is 11.4. The van der Waals surface area contributed by atoms with Crippen LogP contribution in [0.1, 0.15) is 43.5 Å². The highest BCUT2D eigenvalue weighted by Crippen LogP contribution is 2.13. The molecule has 19 heavy (non-hydrogen) atoms. The summed E-state index contributed by atoms with van der Waals surface area (Å²) in [6.07, 6.45) is 2.03. The van der Waals surface area contributed by atoms with E-state index in [9.17, 15) is 9.59 Å². The van der Waals surface area contributed by atoms with Gasteiger partial charge in [-0.15, -0.1) is 0 Å². The second-order valence-corrected chi connectivity index (χ2v) is 4.13. The van der Waals surface area contributed by atoms with Crippen molar-refractivity contribution in [1.29, 1.82) is 0 Å². The highest BCUT2D eigenvalue weighted by atomic mass is 16.5. The van der Waals surface area contributed by atoms with Crippen molar-refractivity contribution in [1.82, 2.24) is 10.9 Å². The second kappa shape index (κ2) is 8.13. The molecule has 2 amide bonds. The van der Waals surface area contributed by atoms with Crippen molar-refractivity contribution >= 4 is 11.8 Å². The zero-order chi connectivity index (χ0) is 14.1. The average Bonchev–Trinajstić information content (AvgIpc) is 2.43. The van der Waals surface area contributed by atoms with E-state index in [1.807, 2.05) is 13.8 Å². The Balaban J connectivity index is 2.54. The van der Waals surface area contributed by atoms with Crippen molar-refractivity contribution < 1.29 is 14.3 Å². The monoisotopic (exact) mass is 264 g/mol. The predicted molar refractivity (Wildman–Crippen MR) is 72.7 cm³/mol. The van der Waals surface area contributed by atoms with Crippen LogP contribution in [0.5, 0.6) is 5.75 Å². The van der Waals surface area contributed by atoms with E-state index in [4.69, 9.17) is 4.74 Å². The van der Waals surface area contributed by atoms with Gasteiger partial charge in [-0.25, -0.2) is 0 Å². The third kappa shape index (κ3) is 5.42. The molecular formula is C14H20N2O3. The molecule has 0 heterocycles. The second-order valence-electron chi connectivity index (χ2n) is 4.13. The van der Waals surface area contributed by atoms with Crippen LogP contribution in [0, 0.1) is 0 Å². The lowest BCUT2D eigenvalue weighted by molar-refractivity contribution is -0.121. The molecule has 0 aromatic heterocycles. The van der Waals surface area contributed by atoms with Gasteiger partial charge in [0.15, 0.2) is 0 Å². The number of hydrogen-bond acceptors (Lipinski definition) is 3. The Morgan fingerprint density at radius 2 is 1.95 bits per heavy atom. The Labute approximate surface area is 113 Å². The quantitative estimate of drug-likeness (QED) is 0.773. The van der Waals surface area contributed by atoms with Crippen molar-refractivity contribution in [3.8, 4) is 5.75 Å². The van der Waals surface area contributed by atoms with Crippen molar-refractivity contribution in [2.24, 2.45) is 0 Å². The standard InChI is InChI=1S/C14H20N2O3/c1-3-6-13(17)15-16-14(18)11-7-5-8-12(10-11)19-9-4-2/h5,7-8,10H,3-4,6,9H2,1-2H3,(H,15,17)(H,16,18). The summed E-state index contributed by atoms with van der Waals surface area (Å²) in [5.41, 5.74) is 5.19. The summed E-state index contributed by atoms with van der Waals surface area (Å²) < 4.78 is 5.44. The molecule has 0 aliphatic rings. The first-order valence-corrected chi connectivity index (χ1v) is 6.49. The first-order chi connectivity index (χ1) is 9.17. The minimum atomic E-state index is -0.355. The molecule has 5 nitrogen and oxygen atoms in total. The van der Waals surface area contributed by atoms with Crippen LogP contribution in [0.4, 0.5) is 0 Å². The Bertz CT molecular complexity index is 432. The molecule has 0 fully saturated rings. The number of amides is 2. The van der Waals surface area contributed by atoms with E-state index in [-0.39, 0.29) is 11.8 Å². The lowest BCUT2D eigenvalue weighted by Gasteiger charge is -2.08. The fraction of sp³-hybridized carbons (Fsp3) is 0.429. The Morgan fingerprint density at radius 3 is 2.63 bits per heavy atom. The van der Waals surface area contributed by atoms with Gasteiger partial charge in [-0.3, -0.25) is 20.4 Å². The maximum Gasteiger partial charge on any atom is 0.269 e. The van der Waals surface area contributed by atoms with Gasteiger partial charge in [0.05, 0.1) is 6.61 Å². The van der Waals surface area contributed by atoms with Gasteiger partial charge < -0.3 is 4.74 Å². The number of hydrazine groups is 1. The molecule has 0 unspecified atom stereocenters. The van der Waals surface area contributed by atoms with Crippen LogP contribution in [-0.4, -0.2) is 18.4 Å². The van der Waals surface area contributed by atoms with Crippen LogP contribution in [-0.2, 0) is 4.79 Å². The fourth-order valence-electron chi connectivity index (χ4n) is 1.44. The summed E-state index contributed by atoms with van der Waals surface area (Å²) >= 11 is 0. The molecular weight excluding hydrogens is 244 g/mol. The van der Waals surface area contributed by atoms with Crippen LogP contribution in [0.25, 0.3) is 0 Å². The molecule has 5 heteroatoms. The highest BCUT2D eigenvalue weighted by Gasteiger charge is 2.07. The molecule has 0 saturated heterocycles. The summed E-state index contributed by atoms with van der Waals surface area (Å²) in [4.78, 5) is 23.0. The minimum Gasteiger partial charge on any atom is -0.494 e. The number of rotatable bonds is 6. The van der Waals surface area contributed by atoms with Gasteiger partial charge in [-0.2, -0.15) is 0 Å². The molecule has 1 aromatic carbocycles. The van der Waals surface area contributed by atoms with Crippen LogP contribution < -0.4 is 15.6 Å². The van der Waals surface area contributed by atoms with E-state index in [1.165, 1.54) is 0 Å². The van der Waals surface area contributed by atoms with E-state index in [1.54, 1.807) is 24.3 Å². The van der Waals surface area contributed by atoms with Crippen LogP contribution in [0.2, 0.25) is 0 Å². The number of carbonyl (C=O) groups excluding carboxylic acids is 2. The number of nitrogens with one attached hydrogen (secondary N) is 2. The van der Waals surface area contributed by atoms with Gasteiger partial charge in [0, 0.05) is 12.0 Å². The SMILES string of the molecule is CCCOc1cccc(C(=O)NNC(=O)CCC)c1. The van der Waals surface area contributed by atoms with Crippen molar-refractivity contribution in [3.05, 3.63) is 29.8 Å². The molecule has 0 aliphatic heterocycles. The van der Waals surface area contributed by atoms with E-state index in [0.29, 0.717) is 24.3 Å². The van der Waals surface area contributed by atoms with Gasteiger partial charge in [0.2, 0.25) is 5.91 Å². The number of carbonyl (C=O) groups is 2. The lowest BCUT2D eigenvalue weighted by Crippen LogP contribution is -2.41.